The van der Waals surface area contributed by atoms with Crippen molar-refractivity contribution in [2.75, 3.05) is 18.5 Å². The van der Waals surface area contributed by atoms with Gasteiger partial charge in [-0.05, 0) is 20.8 Å². The molecule has 1 atom stereocenters. The van der Waals surface area contributed by atoms with Crippen LogP contribution in [0.4, 0.5) is 5.95 Å². The molecular formula is C14H23N5O4. The highest BCUT2D eigenvalue weighted by Crippen LogP contribution is 2.16. The van der Waals surface area contributed by atoms with Crippen molar-refractivity contribution in [3.05, 3.63) is 20.8 Å². The fraction of sp³-hybridized carbons (Fsp3) is 0.643. The zero-order valence-corrected chi connectivity index (χ0v) is 13.8. The quantitative estimate of drug-likeness (QED) is 0.640. The third-order valence-electron chi connectivity index (χ3n) is 3.36. The molecule has 0 saturated carbocycles. The van der Waals surface area contributed by atoms with Crippen molar-refractivity contribution in [2.24, 2.45) is 7.05 Å². The van der Waals surface area contributed by atoms with E-state index in [1.54, 1.807) is 4.57 Å². The Balaban J connectivity index is 2.48. The molecule has 0 aliphatic heterocycles. The molecule has 0 saturated heterocycles. The lowest BCUT2D eigenvalue weighted by atomic mass is 10.3. The molecule has 0 spiro atoms. The number of hydrogen-bond acceptors (Lipinski definition) is 6. The molecule has 0 bridgehead atoms. The number of ether oxygens (including phenoxy) is 1. The van der Waals surface area contributed by atoms with Gasteiger partial charge in [0.15, 0.2) is 11.2 Å². The summed E-state index contributed by atoms with van der Waals surface area (Å²) in [5, 5.41) is 13.2. The molecule has 0 aromatic carbocycles. The summed E-state index contributed by atoms with van der Waals surface area (Å²) in [5.74, 6) is 0.429. The Hall–Kier alpha value is -2.13. The average Bonchev–Trinajstić information content (AvgIpc) is 2.82. The van der Waals surface area contributed by atoms with E-state index in [4.69, 9.17) is 4.74 Å². The van der Waals surface area contributed by atoms with Crippen molar-refractivity contribution in [1.29, 1.82) is 0 Å². The van der Waals surface area contributed by atoms with Crippen LogP contribution < -0.4 is 16.6 Å². The van der Waals surface area contributed by atoms with Gasteiger partial charge in [-0.25, -0.2) is 4.79 Å². The second-order valence-corrected chi connectivity index (χ2v) is 5.60. The average molecular weight is 325 g/mol. The molecule has 0 aliphatic carbocycles. The van der Waals surface area contributed by atoms with Crippen molar-refractivity contribution >= 4 is 17.1 Å². The van der Waals surface area contributed by atoms with Crippen LogP contribution in [0.5, 0.6) is 0 Å². The third kappa shape index (κ3) is 3.62. The van der Waals surface area contributed by atoms with Crippen molar-refractivity contribution in [1.82, 2.24) is 19.1 Å². The molecule has 0 amide bonds. The summed E-state index contributed by atoms with van der Waals surface area (Å²) in [6.45, 7) is 6.52. The minimum Gasteiger partial charge on any atom is -0.389 e. The summed E-state index contributed by atoms with van der Waals surface area (Å²) >= 11 is 0. The smallest absolute Gasteiger partial charge is 0.329 e. The molecular weight excluding hydrogens is 302 g/mol. The first-order chi connectivity index (χ1) is 10.8. The molecule has 0 aliphatic rings. The van der Waals surface area contributed by atoms with E-state index in [2.05, 4.69) is 15.3 Å². The number of aromatic amines is 1. The first-order valence-electron chi connectivity index (χ1n) is 7.58. The Bertz CT molecular complexity index is 789. The van der Waals surface area contributed by atoms with Crippen LogP contribution in [0.15, 0.2) is 9.59 Å². The highest BCUT2D eigenvalue weighted by atomic mass is 16.5. The summed E-state index contributed by atoms with van der Waals surface area (Å²) < 4.78 is 8.24. The van der Waals surface area contributed by atoms with Gasteiger partial charge in [0.05, 0.1) is 25.4 Å². The van der Waals surface area contributed by atoms with Crippen LogP contribution in [0.1, 0.15) is 20.8 Å². The molecule has 2 heterocycles. The molecule has 9 heteroatoms. The van der Waals surface area contributed by atoms with Crippen LogP contribution in [0.2, 0.25) is 0 Å². The Morgan fingerprint density at radius 3 is 2.70 bits per heavy atom. The number of aliphatic hydroxyl groups is 1. The lowest BCUT2D eigenvalue weighted by Gasteiger charge is -2.16. The maximum absolute atomic E-state index is 12.2. The first-order valence-corrected chi connectivity index (χ1v) is 7.58. The molecule has 2 rings (SSSR count). The Labute approximate surface area is 132 Å². The molecule has 0 fully saturated rings. The van der Waals surface area contributed by atoms with Crippen molar-refractivity contribution < 1.29 is 9.84 Å². The largest absolute Gasteiger partial charge is 0.389 e. The van der Waals surface area contributed by atoms with E-state index in [0.717, 1.165) is 0 Å². The predicted molar refractivity (Wildman–Crippen MR) is 86.9 cm³/mol. The van der Waals surface area contributed by atoms with Gasteiger partial charge >= 0.3 is 5.69 Å². The summed E-state index contributed by atoms with van der Waals surface area (Å²) in [7, 11) is 1.53. The minimum atomic E-state index is -0.802. The molecule has 23 heavy (non-hydrogen) atoms. The number of fused-ring (bicyclic) bond motifs is 1. The predicted octanol–water partition coefficient (Wildman–Crippen LogP) is -0.359. The fourth-order valence-electron chi connectivity index (χ4n) is 2.27. The van der Waals surface area contributed by atoms with Gasteiger partial charge in [0.2, 0.25) is 5.95 Å². The van der Waals surface area contributed by atoms with Gasteiger partial charge < -0.3 is 19.7 Å². The number of anilines is 1. The van der Waals surface area contributed by atoms with E-state index < -0.39 is 17.4 Å². The van der Waals surface area contributed by atoms with Crippen LogP contribution >= 0.6 is 0 Å². The maximum atomic E-state index is 12.2. The topological polar surface area (TPSA) is 114 Å². The van der Waals surface area contributed by atoms with Gasteiger partial charge in [-0.3, -0.25) is 14.3 Å². The van der Waals surface area contributed by atoms with Gasteiger partial charge in [-0.15, -0.1) is 0 Å². The normalized spacial score (nSPS) is 13.0. The number of aryl methyl sites for hydroxylation is 1. The van der Waals surface area contributed by atoms with E-state index in [-0.39, 0.29) is 30.4 Å². The maximum Gasteiger partial charge on any atom is 0.329 e. The number of aromatic nitrogens is 4. The summed E-state index contributed by atoms with van der Waals surface area (Å²) in [4.78, 5) is 30.4. The number of nitrogens with one attached hydrogen (secondary N) is 2. The standard InChI is InChI=1S/C14H23N5O4/c1-5-15-13-16-11-10(12(21)17-14(22)18(11)4)19(13)6-9(20)7-23-8(2)3/h8-9,20H,5-7H2,1-4H3,(H,15,16)(H,17,21,22)/t9-/m0/s1. The summed E-state index contributed by atoms with van der Waals surface area (Å²) in [6.07, 6.45) is -0.800. The second-order valence-electron chi connectivity index (χ2n) is 5.60. The van der Waals surface area contributed by atoms with Crippen LogP contribution in [0.3, 0.4) is 0 Å². The first kappa shape index (κ1) is 17.2. The van der Waals surface area contributed by atoms with Gasteiger partial charge in [0.25, 0.3) is 5.56 Å². The van der Waals surface area contributed by atoms with Gasteiger partial charge in [-0.1, -0.05) is 0 Å². The molecule has 128 valence electrons. The number of aliphatic hydroxyl groups excluding tert-OH is 1. The molecule has 0 unspecified atom stereocenters. The van der Waals surface area contributed by atoms with E-state index in [1.807, 2.05) is 20.8 Å². The van der Waals surface area contributed by atoms with Crippen molar-refractivity contribution in [2.45, 2.75) is 39.5 Å². The number of hydrogen-bond donors (Lipinski definition) is 3. The SMILES string of the molecule is CCNc1nc2c(c(=O)[nH]c(=O)n2C)n1C[C@H](O)COC(C)C. The molecule has 3 N–H and O–H groups in total. The Morgan fingerprint density at radius 1 is 1.39 bits per heavy atom. The van der Waals surface area contributed by atoms with Crippen LogP contribution in [0.25, 0.3) is 11.2 Å². The fourth-order valence-corrected chi connectivity index (χ4v) is 2.27. The Morgan fingerprint density at radius 2 is 2.09 bits per heavy atom. The summed E-state index contributed by atoms with van der Waals surface area (Å²) in [5.41, 5.74) is -0.547. The zero-order valence-electron chi connectivity index (χ0n) is 13.8. The van der Waals surface area contributed by atoms with E-state index in [1.165, 1.54) is 11.6 Å². The van der Waals surface area contributed by atoms with Crippen LogP contribution in [0, 0.1) is 0 Å². The van der Waals surface area contributed by atoms with E-state index in [9.17, 15) is 14.7 Å². The van der Waals surface area contributed by atoms with Crippen LogP contribution in [-0.2, 0) is 18.3 Å². The van der Waals surface area contributed by atoms with Gasteiger partial charge in [0.1, 0.15) is 0 Å². The lowest BCUT2D eigenvalue weighted by Crippen LogP contribution is -2.30. The zero-order chi connectivity index (χ0) is 17.1. The van der Waals surface area contributed by atoms with E-state index >= 15 is 0 Å². The second kappa shape index (κ2) is 6.97. The highest BCUT2D eigenvalue weighted by molar-refractivity contribution is 5.74. The number of H-pyrrole nitrogens is 1. The summed E-state index contributed by atoms with van der Waals surface area (Å²) in [6, 6.07) is 0. The highest BCUT2D eigenvalue weighted by Gasteiger charge is 2.19. The molecule has 0 radical (unpaired) electrons. The molecule has 9 nitrogen and oxygen atoms in total. The monoisotopic (exact) mass is 325 g/mol. The number of nitrogens with zero attached hydrogens (tertiary/aromatic N) is 3. The lowest BCUT2D eigenvalue weighted by molar-refractivity contribution is -0.000105. The van der Waals surface area contributed by atoms with E-state index in [0.29, 0.717) is 12.5 Å². The third-order valence-corrected chi connectivity index (χ3v) is 3.36. The van der Waals surface area contributed by atoms with Gasteiger partial charge in [0, 0.05) is 13.6 Å². The Kier molecular flexibility index (Phi) is 5.22. The number of imidazole rings is 1. The molecule has 2 aromatic rings. The number of rotatable bonds is 7. The molecule has 2 aromatic heterocycles. The van der Waals surface area contributed by atoms with Crippen molar-refractivity contribution in [3.8, 4) is 0 Å². The van der Waals surface area contributed by atoms with Gasteiger partial charge in [-0.2, -0.15) is 4.98 Å². The minimum absolute atomic E-state index is 0.00152. The van der Waals surface area contributed by atoms with Crippen molar-refractivity contribution in [3.63, 3.8) is 0 Å². The van der Waals surface area contributed by atoms with Crippen LogP contribution in [-0.4, -0.2) is 49.6 Å².